The van der Waals surface area contributed by atoms with Gasteiger partial charge in [0.05, 0.1) is 17.8 Å². The van der Waals surface area contributed by atoms with E-state index in [1.807, 2.05) is 36.4 Å². The fourth-order valence-electron chi connectivity index (χ4n) is 4.48. The van der Waals surface area contributed by atoms with E-state index in [1.54, 1.807) is 104 Å². The number of carbonyl (C=O) groups excluding carboxylic acids is 3. The van der Waals surface area contributed by atoms with E-state index < -0.39 is 17.1 Å². The van der Waals surface area contributed by atoms with Crippen LogP contribution in [0.3, 0.4) is 0 Å². The molecule has 0 aliphatic carbocycles. The number of anilines is 2. The zero-order valence-electron chi connectivity index (χ0n) is 25.1. The lowest BCUT2D eigenvalue weighted by molar-refractivity contribution is -0.116. The molecule has 3 amide bonds. The van der Waals surface area contributed by atoms with Crippen LogP contribution in [-0.4, -0.2) is 24.8 Å². The molecular formula is C37H29Cl2N3O4S. The van der Waals surface area contributed by atoms with E-state index in [0.717, 1.165) is 10.5 Å². The SMILES string of the molecule is COc1ccc(/C=C(/NC(=O)c2ccccc2)C(=O)Nc2cccc(SC(C(=O)Nc3ccc(Cl)cc3Cl)c3ccccc3)c2)cc1. The molecule has 0 aliphatic rings. The van der Waals surface area contributed by atoms with Crippen molar-refractivity contribution in [2.75, 3.05) is 17.7 Å². The average molecular weight is 683 g/mol. The molecule has 3 N–H and O–H groups in total. The van der Waals surface area contributed by atoms with Gasteiger partial charge in [-0.1, -0.05) is 89.9 Å². The molecule has 5 aromatic carbocycles. The topological polar surface area (TPSA) is 96.5 Å². The van der Waals surface area contributed by atoms with E-state index in [0.29, 0.717) is 38.3 Å². The summed E-state index contributed by atoms with van der Waals surface area (Å²) in [5.74, 6) is -0.577. The summed E-state index contributed by atoms with van der Waals surface area (Å²) in [6, 6.07) is 37.1. The number of halogens is 2. The minimum atomic E-state index is -0.649. The first-order valence-electron chi connectivity index (χ1n) is 14.4. The fourth-order valence-corrected chi connectivity index (χ4v) is 6.02. The van der Waals surface area contributed by atoms with Gasteiger partial charge in [-0.05, 0) is 77.9 Å². The molecule has 10 heteroatoms. The smallest absolute Gasteiger partial charge is 0.272 e. The predicted molar refractivity (Wildman–Crippen MR) is 190 cm³/mol. The minimum absolute atomic E-state index is 0.0449. The van der Waals surface area contributed by atoms with Crippen molar-refractivity contribution in [3.8, 4) is 5.75 Å². The first-order valence-corrected chi connectivity index (χ1v) is 16.0. The maximum absolute atomic E-state index is 13.6. The van der Waals surface area contributed by atoms with Crippen LogP contribution in [-0.2, 0) is 9.59 Å². The van der Waals surface area contributed by atoms with Crippen LogP contribution in [0.4, 0.5) is 11.4 Å². The van der Waals surface area contributed by atoms with Crippen molar-refractivity contribution in [1.29, 1.82) is 0 Å². The molecule has 0 bridgehead atoms. The lowest BCUT2D eigenvalue weighted by Crippen LogP contribution is -2.30. The Hall–Kier alpha value is -5.02. The highest BCUT2D eigenvalue weighted by atomic mass is 35.5. The van der Waals surface area contributed by atoms with Gasteiger partial charge in [0, 0.05) is 21.2 Å². The van der Waals surface area contributed by atoms with Crippen LogP contribution in [0, 0.1) is 0 Å². The van der Waals surface area contributed by atoms with Gasteiger partial charge < -0.3 is 20.7 Å². The summed E-state index contributed by atoms with van der Waals surface area (Å²) < 4.78 is 5.24. The Morgan fingerprint density at radius 3 is 2.15 bits per heavy atom. The van der Waals surface area contributed by atoms with Crippen LogP contribution >= 0.6 is 35.0 Å². The Labute approximate surface area is 287 Å². The number of nitrogens with one attached hydrogen (secondary N) is 3. The summed E-state index contributed by atoms with van der Waals surface area (Å²) in [7, 11) is 1.57. The van der Waals surface area contributed by atoms with Crippen LogP contribution in [0.25, 0.3) is 6.08 Å². The number of rotatable bonds is 11. The highest BCUT2D eigenvalue weighted by molar-refractivity contribution is 8.00. The molecule has 5 aromatic rings. The number of benzene rings is 5. The largest absolute Gasteiger partial charge is 0.497 e. The van der Waals surface area contributed by atoms with Gasteiger partial charge in [-0.25, -0.2) is 0 Å². The Bertz CT molecular complexity index is 1900. The van der Waals surface area contributed by atoms with Crippen LogP contribution in [0.5, 0.6) is 5.75 Å². The number of ether oxygens (including phenoxy) is 1. The first-order chi connectivity index (χ1) is 22.8. The molecule has 0 heterocycles. The second-order valence-corrected chi connectivity index (χ2v) is 12.2. The van der Waals surface area contributed by atoms with Gasteiger partial charge in [0.2, 0.25) is 5.91 Å². The molecule has 0 saturated carbocycles. The molecule has 47 heavy (non-hydrogen) atoms. The van der Waals surface area contributed by atoms with Gasteiger partial charge in [-0.2, -0.15) is 0 Å². The molecule has 7 nitrogen and oxygen atoms in total. The fraction of sp³-hybridized carbons (Fsp3) is 0.0541. The zero-order chi connectivity index (χ0) is 33.2. The lowest BCUT2D eigenvalue weighted by atomic mass is 10.1. The molecule has 1 unspecified atom stereocenters. The number of amides is 3. The maximum Gasteiger partial charge on any atom is 0.272 e. The summed E-state index contributed by atoms with van der Waals surface area (Å²) >= 11 is 13.7. The van der Waals surface area contributed by atoms with Crippen molar-refractivity contribution in [1.82, 2.24) is 5.32 Å². The molecule has 0 fully saturated rings. The van der Waals surface area contributed by atoms with Crippen molar-refractivity contribution in [2.24, 2.45) is 0 Å². The molecule has 0 aromatic heterocycles. The van der Waals surface area contributed by atoms with Gasteiger partial charge in [0.1, 0.15) is 16.7 Å². The first kappa shape index (κ1) is 33.3. The summed E-state index contributed by atoms with van der Waals surface area (Å²) in [5.41, 5.74) is 2.83. The van der Waals surface area contributed by atoms with E-state index in [4.69, 9.17) is 27.9 Å². The highest BCUT2D eigenvalue weighted by Crippen LogP contribution is 2.38. The van der Waals surface area contributed by atoms with Crippen LogP contribution in [0.15, 0.2) is 138 Å². The van der Waals surface area contributed by atoms with Crippen molar-refractivity contribution in [2.45, 2.75) is 10.1 Å². The van der Waals surface area contributed by atoms with Crippen LogP contribution in [0.1, 0.15) is 26.7 Å². The van der Waals surface area contributed by atoms with Gasteiger partial charge in [-0.15, -0.1) is 11.8 Å². The summed E-state index contributed by atoms with van der Waals surface area (Å²) in [4.78, 5) is 41.0. The van der Waals surface area contributed by atoms with Crippen LogP contribution < -0.4 is 20.7 Å². The number of methoxy groups -OCH3 is 1. The summed E-state index contributed by atoms with van der Waals surface area (Å²) in [6.45, 7) is 0. The molecule has 1 atom stereocenters. The van der Waals surface area contributed by atoms with Crippen LogP contribution in [0.2, 0.25) is 10.0 Å². The zero-order valence-corrected chi connectivity index (χ0v) is 27.4. The monoisotopic (exact) mass is 681 g/mol. The third kappa shape index (κ3) is 9.26. The van der Waals surface area contributed by atoms with Crippen molar-refractivity contribution in [3.05, 3.63) is 160 Å². The van der Waals surface area contributed by atoms with Gasteiger partial charge in [-0.3, -0.25) is 14.4 Å². The molecule has 0 aliphatic heterocycles. The van der Waals surface area contributed by atoms with Crippen molar-refractivity contribution in [3.63, 3.8) is 0 Å². The van der Waals surface area contributed by atoms with Gasteiger partial charge in [0.25, 0.3) is 11.8 Å². The molecule has 0 radical (unpaired) electrons. The third-order valence-electron chi connectivity index (χ3n) is 6.83. The second-order valence-electron chi connectivity index (χ2n) is 10.2. The van der Waals surface area contributed by atoms with E-state index >= 15 is 0 Å². The number of carbonyl (C=O) groups is 3. The number of hydrogen-bond acceptors (Lipinski definition) is 5. The summed E-state index contributed by atoms with van der Waals surface area (Å²) in [6.07, 6.45) is 1.59. The Morgan fingerprint density at radius 2 is 1.47 bits per heavy atom. The van der Waals surface area contributed by atoms with Crippen molar-refractivity contribution >= 4 is 70.1 Å². The quantitative estimate of drug-likeness (QED) is 0.0956. The average Bonchev–Trinajstić information content (AvgIpc) is 3.09. The Morgan fingerprint density at radius 1 is 0.766 bits per heavy atom. The molecule has 5 rings (SSSR count). The molecule has 0 spiro atoms. The van der Waals surface area contributed by atoms with E-state index in [-0.39, 0.29) is 11.6 Å². The van der Waals surface area contributed by atoms with E-state index in [1.165, 1.54) is 11.8 Å². The molecule has 236 valence electrons. The standard InChI is InChI=1S/C37H29Cl2N3O4S/c1-46-29-18-15-24(16-19-29)21-33(42-35(43)26-11-6-3-7-12-26)36(44)40-28-13-8-14-30(23-28)47-34(25-9-4-2-5-10-25)37(45)41-32-20-17-27(38)22-31(32)39/h2-23,34H,1H3,(H,40,44)(H,41,45)(H,42,43)/b33-21+. The summed E-state index contributed by atoms with van der Waals surface area (Å²) in [5, 5.41) is 8.67. The lowest BCUT2D eigenvalue weighted by Gasteiger charge is -2.18. The minimum Gasteiger partial charge on any atom is -0.497 e. The maximum atomic E-state index is 13.6. The van der Waals surface area contributed by atoms with Crippen molar-refractivity contribution < 1.29 is 19.1 Å². The predicted octanol–water partition coefficient (Wildman–Crippen LogP) is 8.88. The second kappa shape index (κ2) is 16.0. The highest BCUT2D eigenvalue weighted by Gasteiger charge is 2.23. The number of hydrogen-bond donors (Lipinski definition) is 3. The molecular weight excluding hydrogens is 653 g/mol. The third-order valence-corrected chi connectivity index (χ3v) is 8.63. The Balaban J connectivity index is 1.38. The Kier molecular flexibility index (Phi) is 11.4. The van der Waals surface area contributed by atoms with E-state index in [9.17, 15) is 14.4 Å². The molecule has 0 saturated heterocycles. The van der Waals surface area contributed by atoms with E-state index in [2.05, 4.69) is 16.0 Å². The van der Waals surface area contributed by atoms with Gasteiger partial charge in [0.15, 0.2) is 0 Å². The normalized spacial score (nSPS) is 11.7. The number of thioether (sulfide) groups is 1. The van der Waals surface area contributed by atoms with Gasteiger partial charge >= 0.3 is 0 Å².